The minimum Gasteiger partial charge on any atom is -0.497 e. The summed E-state index contributed by atoms with van der Waals surface area (Å²) in [6.45, 7) is 0.201. The molecule has 7 nitrogen and oxygen atoms in total. The molecule has 0 saturated carbocycles. The summed E-state index contributed by atoms with van der Waals surface area (Å²) in [7, 11) is 3.01. The van der Waals surface area contributed by atoms with E-state index in [-0.39, 0.29) is 28.3 Å². The van der Waals surface area contributed by atoms with Crippen LogP contribution in [0, 0.1) is 3.57 Å². The second-order valence-corrected chi connectivity index (χ2v) is 9.66. The Morgan fingerprint density at radius 3 is 2.31 bits per heavy atom. The van der Waals surface area contributed by atoms with E-state index in [1.54, 1.807) is 55.7 Å². The fraction of sp³-hybridized carbons (Fsp3) is 0.115. The average molecular weight is 601 g/mol. The van der Waals surface area contributed by atoms with Gasteiger partial charge in [-0.3, -0.25) is 14.5 Å². The lowest BCUT2D eigenvalue weighted by molar-refractivity contribution is -0.123. The van der Waals surface area contributed by atoms with Crippen LogP contribution in [-0.4, -0.2) is 36.2 Å². The molecule has 35 heavy (non-hydrogen) atoms. The molecule has 3 aromatic carbocycles. The van der Waals surface area contributed by atoms with Crippen LogP contribution in [0.25, 0.3) is 6.08 Å². The summed E-state index contributed by atoms with van der Waals surface area (Å²) in [6, 6.07) is 19.1. The number of hydrogen-bond donors (Lipinski definition) is 0. The zero-order chi connectivity index (χ0) is 24.9. The van der Waals surface area contributed by atoms with Gasteiger partial charge < -0.3 is 14.2 Å². The molecule has 0 aliphatic carbocycles. The molecule has 0 bridgehead atoms. The molecule has 4 rings (SSSR count). The predicted octanol–water partition coefficient (Wildman–Crippen LogP) is 5.76. The number of esters is 1. The van der Waals surface area contributed by atoms with Crippen molar-refractivity contribution in [3.8, 4) is 17.2 Å². The van der Waals surface area contributed by atoms with Crippen molar-refractivity contribution in [3.05, 3.63) is 91.9 Å². The summed E-state index contributed by atoms with van der Waals surface area (Å²) in [6.07, 6.45) is 1.60. The lowest BCUT2D eigenvalue weighted by atomic mass is 10.1. The molecular weight excluding hydrogens is 581 g/mol. The monoisotopic (exact) mass is 601 g/mol. The maximum absolute atomic E-state index is 12.9. The first-order valence-corrected chi connectivity index (χ1v) is 12.3. The Bertz CT molecular complexity index is 1300. The lowest BCUT2D eigenvalue weighted by Gasteiger charge is -2.12. The second-order valence-electron chi connectivity index (χ2n) is 7.42. The summed E-state index contributed by atoms with van der Waals surface area (Å²) in [5.74, 6) is 0.236. The zero-order valence-corrected chi connectivity index (χ0v) is 21.8. The molecule has 1 heterocycles. The highest BCUT2D eigenvalue weighted by Crippen LogP contribution is 2.35. The van der Waals surface area contributed by atoms with Crippen molar-refractivity contribution in [3.63, 3.8) is 0 Å². The number of halogens is 1. The number of rotatable bonds is 7. The van der Waals surface area contributed by atoms with Crippen LogP contribution in [0.4, 0.5) is 4.79 Å². The van der Waals surface area contributed by atoms with E-state index in [1.165, 1.54) is 12.0 Å². The van der Waals surface area contributed by atoms with E-state index in [4.69, 9.17) is 14.2 Å². The molecule has 0 unspecified atom stereocenters. The normalized spacial score (nSPS) is 14.4. The predicted molar refractivity (Wildman–Crippen MR) is 142 cm³/mol. The van der Waals surface area contributed by atoms with E-state index in [1.807, 2.05) is 24.3 Å². The third-order valence-corrected chi connectivity index (χ3v) is 6.77. The molecule has 0 atom stereocenters. The van der Waals surface area contributed by atoms with Crippen LogP contribution < -0.4 is 14.2 Å². The summed E-state index contributed by atoms with van der Waals surface area (Å²) in [4.78, 5) is 39.5. The van der Waals surface area contributed by atoms with Gasteiger partial charge in [-0.2, -0.15) is 0 Å². The van der Waals surface area contributed by atoms with E-state index in [9.17, 15) is 14.4 Å². The van der Waals surface area contributed by atoms with Crippen molar-refractivity contribution in [1.82, 2.24) is 4.90 Å². The van der Waals surface area contributed by atoms with Crippen LogP contribution >= 0.6 is 34.4 Å². The molecular formula is C26H20INO6S. The first-order valence-electron chi connectivity index (χ1n) is 10.4. The van der Waals surface area contributed by atoms with Crippen LogP contribution in [0.1, 0.15) is 21.5 Å². The van der Waals surface area contributed by atoms with Crippen LogP contribution in [-0.2, 0) is 11.3 Å². The Morgan fingerprint density at radius 2 is 1.66 bits per heavy atom. The quantitative estimate of drug-likeness (QED) is 0.147. The summed E-state index contributed by atoms with van der Waals surface area (Å²) in [5.41, 5.74) is 1.80. The first kappa shape index (κ1) is 24.8. The number of thioether (sulfide) groups is 1. The number of carbonyl (C=O) groups excluding carboxylic acids is 3. The molecule has 0 radical (unpaired) electrons. The van der Waals surface area contributed by atoms with E-state index in [2.05, 4.69) is 22.6 Å². The van der Waals surface area contributed by atoms with Crippen molar-refractivity contribution in [2.24, 2.45) is 0 Å². The largest absolute Gasteiger partial charge is 0.497 e. The van der Waals surface area contributed by atoms with Gasteiger partial charge in [-0.1, -0.05) is 18.2 Å². The van der Waals surface area contributed by atoms with Crippen molar-refractivity contribution in [2.45, 2.75) is 6.54 Å². The van der Waals surface area contributed by atoms with E-state index in [0.29, 0.717) is 22.6 Å². The number of nitrogens with zero attached hydrogens (tertiary/aromatic N) is 1. The molecule has 9 heteroatoms. The van der Waals surface area contributed by atoms with Gasteiger partial charge in [0.25, 0.3) is 11.1 Å². The van der Waals surface area contributed by atoms with Crippen molar-refractivity contribution >= 4 is 57.5 Å². The number of ether oxygens (including phenoxy) is 3. The number of imide groups is 1. The SMILES string of the molecule is COc1ccc(C(=O)Oc2cc(/C=C3\SC(=O)N(Cc4ccc(I)cc4)C3=O)ccc2OC)cc1. The Hall–Kier alpha value is -3.31. The topological polar surface area (TPSA) is 82.1 Å². The van der Waals surface area contributed by atoms with Crippen molar-refractivity contribution < 1.29 is 28.6 Å². The van der Waals surface area contributed by atoms with Gasteiger partial charge in [0.2, 0.25) is 0 Å². The highest BCUT2D eigenvalue weighted by Gasteiger charge is 2.35. The van der Waals surface area contributed by atoms with Crippen LogP contribution in [0.5, 0.6) is 17.2 Å². The standard InChI is InChI=1S/C26H20INO6S/c1-32-20-10-6-18(7-11-20)25(30)34-22-13-17(5-12-21(22)33-2)14-23-24(29)28(26(31)35-23)15-16-3-8-19(27)9-4-16/h3-14H,15H2,1-2H3/b23-14-. The zero-order valence-electron chi connectivity index (χ0n) is 18.8. The van der Waals surface area contributed by atoms with Gasteiger partial charge in [-0.05, 0) is 100 Å². The van der Waals surface area contributed by atoms with E-state index < -0.39 is 5.97 Å². The number of hydrogen-bond acceptors (Lipinski definition) is 7. The van der Waals surface area contributed by atoms with Crippen LogP contribution in [0.15, 0.2) is 71.6 Å². The van der Waals surface area contributed by atoms with Gasteiger partial charge in [-0.15, -0.1) is 0 Å². The van der Waals surface area contributed by atoms with Crippen LogP contribution in [0.2, 0.25) is 0 Å². The summed E-state index contributed by atoms with van der Waals surface area (Å²) >= 11 is 3.07. The van der Waals surface area contributed by atoms with Crippen molar-refractivity contribution in [1.29, 1.82) is 0 Å². The third kappa shape index (κ3) is 5.85. The fourth-order valence-electron chi connectivity index (χ4n) is 3.31. The number of amides is 2. The maximum atomic E-state index is 12.9. The van der Waals surface area contributed by atoms with Gasteiger partial charge in [-0.25, -0.2) is 4.79 Å². The van der Waals surface area contributed by atoms with Gasteiger partial charge in [0.15, 0.2) is 11.5 Å². The van der Waals surface area contributed by atoms with Gasteiger partial charge in [0.1, 0.15) is 5.75 Å². The number of benzene rings is 3. The molecule has 0 aromatic heterocycles. The number of methoxy groups -OCH3 is 2. The molecule has 1 saturated heterocycles. The molecule has 1 fully saturated rings. The lowest BCUT2D eigenvalue weighted by Crippen LogP contribution is -2.27. The number of carbonyl (C=O) groups is 3. The highest BCUT2D eigenvalue weighted by atomic mass is 127. The van der Waals surface area contributed by atoms with Gasteiger partial charge >= 0.3 is 5.97 Å². The Labute approximate surface area is 220 Å². The minimum atomic E-state index is -0.569. The van der Waals surface area contributed by atoms with Crippen molar-refractivity contribution in [2.75, 3.05) is 14.2 Å². The molecule has 178 valence electrons. The maximum Gasteiger partial charge on any atom is 0.343 e. The molecule has 2 amide bonds. The molecule has 1 aliphatic heterocycles. The molecule has 1 aliphatic rings. The Balaban J connectivity index is 1.53. The van der Waals surface area contributed by atoms with E-state index in [0.717, 1.165) is 20.9 Å². The Morgan fingerprint density at radius 1 is 0.943 bits per heavy atom. The van der Waals surface area contributed by atoms with Gasteiger partial charge in [0, 0.05) is 3.57 Å². The van der Waals surface area contributed by atoms with Gasteiger partial charge in [0.05, 0.1) is 31.2 Å². The molecule has 0 spiro atoms. The summed E-state index contributed by atoms with van der Waals surface area (Å²) < 4.78 is 17.1. The molecule has 0 N–H and O–H groups in total. The van der Waals surface area contributed by atoms with Crippen LogP contribution in [0.3, 0.4) is 0 Å². The Kier molecular flexibility index (Phi) is 7.76. The average Bonchev–Trinajstić information content (AvgIpc) is 3.12. The fourth-order valence-corrected chi connectivity index (χ4v) is 4.51. The highest BCUT2D eigenvalue weighted by molar-refractivity contribution is 14.1. The third-order valence-electron chi connectivity index (χ3n) is 5.14. The molecule has 3 aromatic rings. The second kappa shape index (κ2) is 11.0. The minimum absolute atomic E-state index is 0.195. The smallest absolute Gasteiger partial charge is 0.343 e. The van der Waals surface area contributed by atoms with E-state index >= 15 is 0 Å². The first-order chi connectivity index (χ1) is 16.9. The summed E-state index contributed by atoms with van der Waals surface area (Å²) in [5, 5.41) is -0.334.